The molecule has 0 aliphatic carbocycles. The summed E-state index contributed by atoms with van der Waals surface area (Å²) in [5.74, 6) is -0.122. The molecule has 2 saturated heterocycles. The highest BCUT2D eigenvalue weighted by atomic mass is 32.2. The van der Waals surface area contributed by atoms with E-state index in [-0.39, 0.29) is 22.8 Å². The van der Waals surface area contributed by atoms with Crippen molar-refractivity contribution in [1.82, 2.24) is 9.80 Å². The molecule has 1 N–H and O–H groups in total. The molecule has 0 spiro atoms. The van der Waals surface area contributed by atoms with Gasteiger partial charge in [-0.3, -0.25) is 14.3 Å². The van der Waals surface area contributed by atoms with Crippen molar-refractivity contribution in [3.05, 3.63) is 59.2 Å². The Kier molecular flexibility index (Phi) is 6.71. The van der Waals surface area contributed by atoms with Crippen LogP contribution in [0.5, 0.6) is 0 Å². The summed E-state index contributed by atoms with van der Waals surface area (Å²) in [5.41, 5.74) is 2.39. The Morgan fingerprint density at radius 3 is 2.27 bits per heavy atom. The Bertz CT molecular complexity index is 1130. The number of nitrogens with zero attached hydrogens (tertiary/aromatic N) is 2. The topological polar surface area (TPSA) is 96.0 Å². The molecule has 2 aromatic carbocycles. The van der Waals surface area contributed by atoms with Crippen LogP contribution in [0.4, 0.5) is 5.69 Å². The maximum absolute atomic E-state index is 12.9. The molecule has 0 aromatic heterocycles. The average Bonchev–Trinajstić information content (AvgIpc) is 3.35. The Hall–Kier alpha value is -2.91. The first-order valence-electron chi connectivity index (χ1n) is 11.1. The van der Waals surface area contributed by atoms with Crippen LogP contribution in [-0.2, 0) is 19.6 Å². The van der Waals surface area contributed by atoms with Crippen molar-refractivity contribution in [3.8, 4) is 0 Å². The first-order valence-corrected chi connectivity index (χ1v) is 12.6. The number of carbonyl (C=O) groups is 2. The Balaban J connectivity index is 1.37. The summed E-state index contributed by atoms with van der Waals surface area (Å²) in [6.45, 7) is 6.11. The van der Waals surface area contributed by atoms with E-state index in [2.05, 4.69) is 4.72 Å². The monoisotopic (exact) mass is 471 g/mol. The number of hydrogen-bond donors (Lipinski definition) is 1. The van der Waals surface area contributed by atoms with E-state index in [0.29, 0.717) is 49.6 Å². The van der Waals surface area contributed by atoms with Gasteiger partial charge in [-0.05, 0) is 68.1 Å². The van der Waals surface area contributed by atoms with Gasteiger partial charge in [-0.2, -0.15) is 0 Å². The van der Waals surface area contributed by atoms with Gasteiger partial charge in [0.15, 0.2) is 0 Å². The Labute approximate surface area is 194 Å². The largest absolute Gasteiger partial charge is 0.368 e. The summed E-state index contributed by atoms with van der Waals surface area (Å²) >= 11 is 0. The minimum absolute atomic E-state index is 0.0140. The first kappa shape index (κ1) is 23.3. The van der Waals surface area contributed by atoms with E-state index in [9.17, 15) is 18.0 Å². The predicted octanol–water partition coefficient (Wildman–Crippen LogP) is 2.57. The SMILES string of the molecule is Cc1ccc(C)c(S(=O)(=O)Nc2ccc(C(=O)N3CCN(C(=O)C4CCCO4)CC3)cc2)c1. The van der Waals surface area contributed by atoms with Crippen molar-refractivity contribution in [1.29, 1.82) is 0 Å². The third kappa shape index (κ3) is 5.20. The first-order chi connectivity index (χ1) is 15.7. The number of nitrogens with one attached hydrogen (secondary N) is 1. The summed E-state index contributed by atoms with van der Waals surface area (Å²) in [7, 11) is -3.73. The second-order valence-electron chi connectivity index (χ2n) is 8.57. The third-order valence-corrected chi connectivity index (χ3v) is 7.62. The zero-order valence-electron chi connectivity index (χ0n) is 18.9. The highest BCUT2D eigenvalue weighted by molar-refractivity contribution is 7.92. The van der Waals surface area contributed by atoms with Crippen molar-refractivity contribution < 1.29 is 22.7 Å². The lowest BCUT2D eigenvalue weighted by Gasteiger charge is -2.35. The second kappa shape index (κ2) is 9.52. The van der Waals surface area contributed by atoms with Crippen molar-refractivity contribution in [2.75, 3.05) is 37.5 Å². The molecule has 2 fully saturated rings. The van der Waals surface area contributed by atoms with E-state index >= 15 is 0 Å². The average molecular weight is 472 g/mol. The van der Waals surface area contributed by atoms with Gasteiger partial charge >= 0.3 is 0 Å². The van der Waals surface area contributed by atoms with Crippen LogP contribution in [0.2, 0.25) is 0 Å². The summed E-state index contributed by atoms with van der Waals surface area (Å²) in [4.78, 5) is 29.1. The second-order valence-corrected chi connectivity index (χ2v) is 10.2. The molecule has 9 heteroatoms. The fraction of sp³-hybridized carbons (Fsp3) is 0.417. The lowest BCUT2D eigenvalue weighted by molar-refractivity contribution is -0.142. The molecular formula is C24H29N3O5S. The Morgan fingerprint density at radius 2 is 1.64 bits per heavy atom. The Morgan fingerprint density at radius 1 is 0.970 bits per heavy atom. The molecule has 2 aliphatic heterocycles. The van der Waals surface area contributed by atoms with Crippen LogP contribution < -0.4 is 4.72 Å². The van der Waals surface area contributed by atoms with E-state index in [1.165, 1.54) is 0 Å². The highest BCUT2D eigenvalue weighted by Crippen LogP contribution is 2.22. The van der Waals surface area contributed by atoms with E-state index < -0.39 is 10.0 Å². The molecule has 2 aromatic rings. The summed E-state index contributed by atoms with van der Waals surface area (Å²) in [5, 5.41) is 0. The molecule has 0 bridgehead atoms. The molecule has 1 unspecified atom stereocenters. The summed E-state index contributed by atoms with van der Waals surface area (Å²) in [6.07, 6.45) is 1.33. The van der Waals surface area contributed by atoms with Gasteiger partial charge in [0.25, 0.3) is 21.8 Å². The molecule has 33 heavy (non-hydrogen) atoms. The van der Waals surface area contributed by atoms with Crippen molar-refractivity contribution in [3.63, 3.8) is 0 Å². The highest BCUT2D eigenvalue weighted by Gasteiger charge is 2.31. The number of sulfonamides is 1. The molecule has 2 aliphatic rings. The fourth-order valence-corrected chi connectivity index (χ4v) is 5.57. The number of carbonyl (C=O) groups excluding carboxylic acids is 2. The maximum Gasteiger partial charge on any atom is 0.262 e. The van der Waals surface area contributed by atoms with Gasteiger partial charge in [0.2, 0.25) is 0 Å². The molecule has 2 heterocycles. The van der Waals surface area contributed by atoms with Crippen LogP contribution in [0.25, 0.3) is 0 Å². The maximum atomic E-state index is 12.9. The van der Waals surface area contributed by atoms with Crippen LogP contribution in [0.15, 0.2) is 47.4 Å². The van der Waals surface area contributed by atoms with Crippen LogP contribution in [-0.4, -0.2) is 68.9 Å². The van der Waals surface area contributed by atoms with Gasteiger partial charge in [-0.1, -0.05) is 12.1 Å². The van der Waals surface area contributed by atoms with Gasteiger partial charge in [-0.15, -0.1) is 0 Å². The summed E-state index contributed by atoms with van der Waals surface area (Å²) < 4.78 is 33.7. The molecule has 0 saturated carbocycles. The minimum Gasteiger partial charge on any atom is -0.368 e. The molecule has 2 amide bonds. The number of aryl methyl sites for hydroxylation is 2. The van der Waals surface area contributed by atoms with Crippen LogP contribution in [0.3, 0.4) is 0 Å². The van der Waals surface area contributed by atoms with Crippen LogP contribution >= 0.6 is 0 Å². The fourth-order valence-electron chi connectivity index (χ4n) is 4.18. The smallest absolute Gasteiger partial charge is 0.262 e. The van der Waals surface area contributed by atoms with E-state index in [1.54, 1.807) is 53.1 Å². The standard InChI is InChI=1S/C24H29N3O5S/c1-17-5-6-18(2)22(16-17)33(30,31)25-20-9-7-19(8-10-20)23(28)26-11-13-27(14-12-26)24(29)21-4-3-15-32-21/h5-10,16,21,25H,3-4,11-15H2,1-2H3. The number of anilines is 1. The molecule has 176 valence electrons. The van der Waals surface area contributed by atoms with Gasteiger partial charge in [-0.25, -0.2) is 8.42 Å². The summed E-state index contributed by atoms with van der Waals surface area (Å²) in [6, 6.07) is 11.7. The molecule has 0 radical (unpaired) electrons. The minimum atomic E-state index is -3.73. The predicted molar refractivity (Wildman–Crippen MR) is 125 cm³/mol. The van der Waals surface area contributed by atoms with Gasteiger partial charge in [0, 0.05) is 44.0 Å². The lowest BCUT2D eigenvalue weighted by Crippen LogP contribution is -2.52. The molecular weight excluding hydrogens is 442 g/mol. The van der Waals surface area contributed by atoms with Gasteiger partial charge in [0.1, 0.15) is 6.10 Å². The normalized spacial score (nSPS) is 18.9. The third-order valence-electron chi connectivity index (χ3n) is 6.10. The molecule has 8 nitrogen and oxygen atoms in total. The zero-order chi connectivity index (χ0) is 23.6. The zero-order valence-corrected chi connectivity index (χ0v) is 19.7. The van der Waals surface area contributed by atoms with E-state index in [0.717, 1.165) is 18.4 Å². The number of hydrogen-bond acceptors (Lipinski definition) is 5. The van der Waals surface area contributed by atoms with Crippen molar-refractivity contribution in [2.24, 2.45) is 0 Å². The number of amides is 2. The lowest BCUT2D eigenvalue weighted by atomic mass is 10.1. The number of benzene rings is 2. The van der Waals surface area contributed by atoms with Gasteiger partial charge in [0.05, 0.1) is 4.90 Å². The number of ether oxygens (including phenoxy) is 1. The van der Waals surface area contributed by atoms with E-state index in [1.807, 2.05) is 13.0 Å². The van der Waals surface area contributed by atoms with Crippen molar-refractivity contribution in [2.45, 2.75) is 37.7 Å². The van der Waals surface area contributed by atoms with E-state index in [4.69, 9.17) is 4.74 Å². The number of rotatable bonds is 5. The van der Waals surface area contributed by atoms with Crippen LogP contribution in [0.1, 0.15) is 34.3 Å². The molecule has 1 atom stereocenters. The number of piperazine rings is 1. The molecule has 4 rings (SSSR count). The quantitative estimate of drug-likeness (QED) is 0.723. The van der Waals surface area contributed by atoms with Crippen molar-refractivity contribution >= 4 is 27.5 Å². The van der Waals surface area contributed by atoms with Gasteiger partial charge < -0.3 is 14.5 Å². The van der Waals surface area contributed by atoms with Crippen LogP contribution in [0, 0.1) is 13.8 Å².